The van der Waals surface area contributed by atoms with Gasteiger partial charge in [0.15, 0.2) is 0 Å². The van der Waals surface area contributed by atoms with Gasteiger partial charge < -0.3 is 31.9 Å². The molecule has 356 valence electrons. The van der Waals surface area contributed by atoms with E-state index < -0.39 is 0 Å². The highest BCUT2D eigenvalue weighted by Gasteiger charge is 2.45. The van der Waals surface area contributed by atoms with Crippen molar-refractivity contribution in [2.75, 3.05) is 50.3 Å². The number of aryl methyl sites for hydroxylation is 4. The minimum Gasteiger partial charge on any atom is -0.383 e. The number of nitrogens with two attached hydrogens (primary N) is 2. The molecule has 6 aromatic heterocycles. The second-order valence-corrected chi connectivity index (χ2v) is 18.6. The number of hydrogen-bond acceptors (Lipinski definition) is 12. The Morgan fingerprint density at radius 2 is 0.986 bits per heavy atom. The van der Waals surface area contributed by atoms with E-state index in [2.05, 4.69) is 40.8 Å². The van der Waals surface area contributed by atoms with Crippen molar-refractivity contribution in [1.82, 2.24) is 49.3 Å². The Kier molecular flexibility index (Phi) is 12.3. The summed E-state index contributed by atoms with van der Waals surface area (Å²) in [7, 11) is 10.6. The normalized spacial score (nSPS) is 16.8. The fourth-order valence-corrected chi connectivity index (χ4v) is 8.75. The summed E-state index contributed by atoms with van der Waals surface area (Å²) in [5.41, 5.74) is 20.7. The van der Waals surface area contributed by atoms with Crippen molar-refractivity contribution in [2.24, 2.45) is 25.9 Å². The van der Waals surface area contributed by atoms with Gasteiger partial charge in [-0.2, -0.15) is 10.2 Å². The quantitative estimate of drug-likeness (QED) is 0.112. The van der Waals surface area contributed by atoms with Gasteiger partial charge in [-0.1, -0.05) is 12.1 Å². The predicted octanol–water partition coefficient (Wildman–Crippen LogP) is 6.73. The molecule has 2 saturated carbocycles. The van der Waals surface area contributed by atoms with Crippen molar-refractivity contribution in [1.29, 1.82) is 0 Å². The Bertz CT molecular complexity index is 3170. The zero-order valence-corrected chi connectivity index (χ0v) is 40.2. The Labute approximate surface area is 404 Å². The first kappa shape index (κ1) is 46.6. The van der Waals surface area contributed by atoms with E-state index in [4.69, 9.17) is 11.5 Å². The van der Waals surface area contributed by atoms with E-state index >= 15 is 0 Å². The Morgan fingerprint density at radius 3 is 1.34 bits per heavy atom. The Hall–Kier alpha value is -8.54. The van der Waals surface area contributed by atoms with Crippen molar-refractivity contribution in [3.8, 4) is 22.5 Å². The molecular weight excluding hydrogens is 885 g/mol. The molecule has 70 heavy (non-hydrogen) atoms. The number of anilines is 4. The van der Waals surface area contributed by atoms with Gasteiger partial charge in [0, 0.05) is 112 Å². The van der Waals surface area contributed by atoms with Gasteiger partial charge in [-0.25, -0.2) is 19.9 Å². The smallest absolute Gasteiger partial charge is 0.253 e. The van der Waals surface area contributed by atoms with Crippen LogP contribution in [-0.4, -0.2) is 101 Å². The number of pyridine rings is 4. The van der Waals surface area contributed by atoms with Gasteiger partial charge in [-0.15, -0.1) is 0 Å². The number of carbonyl (C=O) groups excluding carboxylic acids is 4. The first-order chi connectivity index (χ1) is 33.4. The molecule has 0 saturated heterocycles. The van der Waals surface area contributed by atoms with Gasteiger partial charge in [0.2, 0.25) is 11.8 Å². The van der Waals surface area contributed by atoms with Gasteiger partial charge >= 0.3 is 0 Å². The molecule has 8 aromatic rings. The van der Waals surface area contributed by atoms with Crippen LogP contribution in [0.4, 0.5) is 23.3 Å². The summed E-state index contributed by atoms with van der Waals surface area (Å²) in [5.74, 6) is 1.52. The van der Waals surface area contributed by atoms with Crippen molar-refractivity contribution in [3.63, 3.8) is 0 Å². The summed E-state index contributed by atoms with van der Waals surface area (Å²) >= 11 is 0. The van der Waals surface area contributed by atoms with Crippen LogP contribution in [-0.2, 0) is 23.7 Å². The zero-order valence-electron chi connectivity index (χ0n) is 40.2. The highest BCUT2D eigenvalue weighted by molar-refractivity contribution is 6.01. The third-order valence-corrected chi connectivity index (χ3v) is 12.9. The van der Waals surface area contributed by atoms with Crippen LogP contribution in [0.5, 0.6) is 0 Å². The van der Waals surface area contributed by atoms with Crippen LogP contribution in [0.1, 0.15) is 67.6 Å². The van der Waals surface area contributed by atoms with Gasteiger partial charge in [0.05, 0.1) is 23.8 Å². The molecule has 0 unspecified atom stereocenters. The van der Waals surface area contributed by atoms with Crippen molar-refractivity contribution >= 4 is 68.4 Å². The lowest BCUT2D eigenvalue weighted by molar-refractivity contribution is -0.118. The predicted molar refractivity (Wildman–Crippen MR) is 270 cm³/mol. The van der Waals surface area contributed by atoms with Crippen LogP contribution >= 0.6 is 0 Å². The third kappa shape index (κ3) is 9.60. The zero-order chi connectivity index (χ0) is 49.7. The highest BCUT2D eigenvalue weighted by Crippen LogP contribution is 2.49. The van der Waals surface area contributed by atoms with Gasteiger partial charge in [-0.3, -0.25) is 28.5 Å². The average molecular weight is 939 g/mol. The maximum absolute atomic E-state index is 12.8. The second-order valence-electron chi connectivity index (χ2n) is 18.6. The van der Waals surface area contributed by atoms with Gasteiger partial charge in [-0.05, 0) is 120 Å². The van der Waals surface area contributed by atoms with E-state index in [1.54, 1.807) is 74.2 Å². The van der Waals surface area contributed by atoms with E-state index in [0.717, 1.165) is 57.0 Å². The topological polar surface area (TPSA) is 238 Å². The standard InChI is InChI=1S/2C26H27N7O2/c2*1-14-5-6-15(26(35)32(2)3)7-18(14)22-8-16-9-23(28-12-21(16)24(27)30-22)31-25(34)20-10-19(20)17-11-29-33(4)13-17/h2*5-9,11-13,19-20H,10H2,1-4H3,(H2,27,30)(H,28,31,34)/t2*19-,20+/m10/s1. The maximum atomic E-state index is 12.8. The number of nitrogens with one attached hydrogen (secondary N) is 2. The molecular formula is C52H54N14O4. The molecule has 18 heteroatoms. The first-order valence-electron chi connectivity index (χ1n) is 22.8. The number of hydrogen-bond donors (Lipinski definition) is 4. The molecule has 2 aliphatic rings. The molecule has 6 N–H and O–H groups in total. The molecule has 4 amide bonds. The summed E-state index contributed by atoms with van der Waals surface area (Å²) in [6, 6.07) is 18.5. The van der Waals surface area contributed by atoms with Crippen molar-refractivity contribution in [2.45, 2.75) is 38.5 Å². The minimum absolute atomic E-state index is 0.0568. The third-order valence-electron chi connectivity index (χ3n) is 12.9. The summed E-state index contributed by atoms with van der Waals surface area (Å²) < 4.78 is 3.49. The molecule has 10 rings (SSSR count). The number of carbonyl (C=O) groups is 4. The van der Waals surface area contributed by atoms with Crippen molar-refractivity contribution < 1.29 is 19.2 Å². The lowest BCUT2D eigenvalue weighted by atomic mass is 10.00. The first-order valence-corrected chi connectivity index (χ1v) is 22.8. The van der Waals surface area contributed by atoms with Gasteiger partial charge in [0.1, 0.15) is 23.3 Å². The van der Waals surface area contributed by atoms with E-state index in [-0.39, 0.29) is 47.3 Å². The van der Waals surface area contributed by atoms with E-state index in [0.29, 0.717) is 56.6 Å². The SMILES string of the molecule is Cc1ccc(C(=O)N(C)C)cc1-c1cc2cc(NC(=O)[C@@H]3C[C@H]3c3cnn(C)c3)ncc2c(N)n1.Cc1ccc(C(=O)N(C)C)cc1-c1cc2cc(NC(=O)[C@H]3C[C@@H]3c3cnn(C)c3)ncc2c(N)n1. The van der Waals surface area contributed by atoms with Crippen molar-refractivity contribution in [3.05, 3.63) is 131 Å². The Morgan fingerprint density at radius 1 is 0.586 bits per heavy atom. The number of fused-ring (bicyclic) bond motifs is 2. The molecule has 2 aliphatic carbocycles. The second kappa shape index (κ2) is 18.5. The molecule has 2 fully saturated rings. The summed E-state index contributed by atoms with van der Waals surface area (Å²) in [5, 5.41) is 17.3. The van der Waals surface area contributed by atoms with Crippen LogP contribution in [0.2, 0.25) is 0 Å². The molecule has 4 atom stereocenters. The van der Waals surface area contributed by atoms with E-state index in [1.165, 1.54) is 9.80 Å². The summed E-state index contributed by atoms with van der Waals surface area (Å²) in [4.78, 5) is 71.5. The summed E-state index contributed by atoms with van der Waals surface area (Å²) in [6.45, 7) is 3.93. The van der Waals surface area contributed by atoms with Crippen LogP contribution in [0.15, 0.2) is 97.8 Å². The molecule has 0 spiro atoms. The Balaban J connectivity index is 0.000000174. The lowest BCUT2D eigenvalue weighted by Gasteiger charge is -2.14. The largest absolute Gasteiger partial charge is 0.383 e. The molecule has 0 aliphatic heterocycles. The highest BCUT2D eigenvalue weighted by atomic mass is 16.2. The van der Waals surface area contributed by atoms with E-state index in [9.17, 15) is 19.2 Å². The minimum atomic E-state index is -0.0885. The summed E-state index contributed by atoms with van der Waals surface area (Å²) in [6.07, 6.45) is 12.4. The lowest BCUT2D eigenvalue weighted by Crippen LogP contribution is -2.21. The molecule has 0 radical (unpaired) electrons. The molecule has 6 heterocycles. The monoisotopic (exact) mass is 938 g/mol. The number of aromatic nitrogens is 8. The molecule has 2 aromatic carbocycles. The van der Waals surface area contributed by atoms with Crippen LogP contribution < -0.4 is 22.1 Å². The number of nitrogen functional groups attached to an aromatic ring is 2. The molecule has 0 bridgehead atoms. The fourth-order valence-electron chi connectivity index (χ4n) is 8.75. The van der Waals surface area contributed by atoms with Crippen LogP contribution in [0, 0.1) is 25.7 Å². The number of rotatable bonds is 10. The molecule has 18 nitrogen and oxygen atoms in total. The van der Waals surface area contributed by atoms with Gasteiger partial charge in [0.25, 0.3) is 11.8 Å². The van der Waals surface area contributed by atoms with E-state index in [1.807, 2.05) is 89.1 Å². The van der Waals surface area contributed by atoms with Crippen LogP contribution in [0.3, 0.4) is 0 Å². The number of nitrogens with zero attached hydrogens (tertiary/aromatic N) is 10. The fraction of sp³-hybridized carbons (Fsp3) is 0.269. The number of benzene rings is 2. The maximum Gasteiger partial charge on any atom is 0.253 e. The average Bonchev–Trinajstić information content (AvgIpc) is 4.23. The number of amides is 4. The van der Waals surface area contributed by atoms with Crippen LogP contribution in [0.25, 0.3) is 44.1 Å².